The van der Waals surface area contributed by atoms with Crippen LogP contribution in [-0.4, -0.2) is 29.2 Å². The highest BCUT2D eigenvalue weighted by Crippen LogP contribution is 2.13. The van der Waals surface area contributed by atoms with E-state index in [4.69, 9.17) is 14.9 Å². The second-order valence-electron chi connectivity index (χ2n) is 2.65. The standard InChI is InChI=1S/C6H14O3/c1-6(2,9-3)4-5(7)8/h5,7-8H,4H2,1-3H3. The molecule has 0 aliphatic rings. The van der Waals surface area contributed by atoms with Gasteiger partial charge in [-0.3, -0.25) is 0 Å². The van der Waals surface area contributed by atoms with E-state index in [0.29, 0.717) is 0 Å². The number of aliphatic hydroxyl groups excluding tert-OH is 1. The number of hydrogen-bond acceptors (Lipinski definition) is 3. The summed E-state index contributed by atoms with van der Waals surface area (Å²) >= 11 is 0. The summed E-state index contributed by atoms with van der Waals surface area (Å²) in [7, 11) is 1.54. The minimum Gasteiger partial charge on any atom is -0.379 e. The van der Waals surface area contributed by atoms with E-state index in [9.17, 15) is 0 Å². The molecule has 0 aromatic carbocycles. The van der Waals surface area contributed by atoms with Gasteiger partial charge in [-0.1, -0.05) is 0 Å². The molecule has 0 fully saturated rings. The van der Waals surface area contributed by atoms with Crippen LogP contribution in [0.5, 0.6) is 0 Å². The molecule has 0 radical (unpaired) electrons. The number of hydrogen-bond donors (Lipinski definition) is 2. The lowest BCUT2D eigenvalue weighted by Crippen LogP contribution is -2.28. The predicted molar refractivity (Wildman–Crippen MR) is 33.9 cm³/mol. The van der Waals surface area contributed by atoms with Crippen LogP contribution in [0.25, 0.3) is 0 Å². The maximum Gasteiger partial charge on any atom is 0.154 e. The van der Waals surface area contributed by atoms with Gasteiger partial charge in [0.2, 0.25) is 0 Å². The molecule has 0 saturated carbocycles. The van der Waals surface area contributed by atoms with E-state index < -0.39 is 11.9 Å². The van der Waals surface area contributed by atoms with Gasteiger partial charge >= 0.3 is 0 Å². The zero-order valence-electron chi connectivity index (χ0n) is 6.09. The minimum atomic E-state index is -1.28. The second-order valence-corrected chi connectivity index (χ2v) is 2.65. The third-order valence-electron chi connectivity index (χ3n) is 1.23. The maximum absolute atomic E-state index is 8.49. The zero-order chi connectivity index (χ0) is 7.49. The van der Waals surface area contributed by atoms with Gasteiger partial charge in [0, 0.05) is 13.5 Å². The van der Waals surface area contributed by atoms with Crippen LogP contribution in [0.1, 0.15) is 20.3 Å². The van der Waals surface area contributed by atoms with Gasteiger partial charge < -0.3 is 14.9 Å². The Labute approximate surface area is 55.3 Å². The molecule has 56 valence electrons. The minimum absolute atomic E-state index is 0.240. The van der Waals surface area contributed by atoms with Gasteiger partial charge in [0.25, 0.3) is 0 Å². The SMILES string of the molecule is COC(C)(C)CC(O)O. The zero-order valence-corrected chi connectivity index (χ0v) is 6.09. The quantitative estimate of drug-likeness (QED) is 0.539. The Balaban J connectivity index is 3.58. The van der Waals surface area contributed by atoms with E-state index in [0.717, 1.165) is 0 Å². The van der Waals surface area contributed by atoms with Gasteiger partial charge in [-0.25, -0.2) is 0 Å². The topological polar surface area (TPSA) is 49.7 Å². The molecule has 0 heterocycles. The van der Waals surface area contributed by atoms with E-state index >= 15 is 0 Å². The van der Waals surface area contributed by atoms with E-state index in [2.05, 4.69) is 0 Å². The molecule has 9 heavy (non-hydrogen) atoms. The lowest BCUT2D eigenvalue weighted by atomic mass is 10.1. The van der Waals surface area contributed by atoms with Gasteiger partial charge in [0.1, 0.15) is 0 Å². The molecule has 3 nitrogen and oxygen atoms in total. The van der Waals surface area contributed by atoms with Crippen molar-refractivity contribution >= 4 is 0 Å². The smallest absolute Gasteiger partial charge is 0.154 e. The molecule has 0 unspecified atom stereocenters. The lowest BCUT2D eigenvalue weighted by Gasteiger charge is -2.23. The van der Waals surface area contributed by atoms with Gasteiger partial charge in [0.05, 0.1) is 5.60 Å². The molecule has 0 spiro atoms. The Bertz CT molecular complexity index is 78.4. The first-order chi connectivity index (χ1) is 3.98. The van der Waals surface area contributed by atoms with Crippen molar-refractivity contribution in [3.05, 3.63) is 0 Å². The summed E-state index contributed by atoms with van der Waals surface area (Å²) in [6, 6.07) is 0. The number of ether oxygens (including phenoxy) is 1. The third kappa shape index (κ3) is 4.39. The lowest BCUT2D eigenvalue weighted by molar-refractivity contribution is -0.103. The van der Waals surface area contributed by atoms with Crippen LogP contribution >= 0.6 is 0 Å². The van der Waals surface area contributed by atoms with E-state index in [-0.39, 0.29) is 6.42 Å². The van der Waals surface area contributed by atoms with Crippen LogP contribution in [-0.2, 0) is 4.74 Å². The van der Waals surface area contributed by atoms with Gasteiger partial charge in [-0.15, -0.1) is 0 Å². The first-order valence-electron chi connectivity index (χ1n) is 2.89. The molecular weight excluding hydrogens is 120 g/mol. The van der Waals surface area contributed by atoms with Crippen molar-refractivity contribution in [2.24, 2.45) is 0 Å². The molecule has 0 rings (SSSR count). The fourth-order valence-corrected chi connectivity index (χ4v) is 0.523. The van der Waals surface area contributed by atoms with Crippen LogP contribution in [0.4, 0.5) is 0 Å². The van der Waals surface area contributed by atoms with Crippen LogP contribution in [0.15, 0.2) is 0 Å². The number of rotatable bonds is 3. The summed E-state index contributed by atoms with van der Waals surface area (Å²) in [5.74, 6) is 0. The highest BCUT2D eigenvalue weighted by Gasteiger charge is 2.19. The molecule has 0 aliphatic carbocycles. The van der Waals surface area contributed by atoms with Crippen molar-refractivity contribution < 1.29 is 14.9 Å². The Morgan fingerprint density at radius 1 is 1.44 bits per heavy atom. The van der Waals surface area contributed by atoms with Crippen LogP contribution in [0, 0.1) is 0 Å². The molecule has 0 saturated heterocycles. The maximum atomic E-state index is 8.49. The number of aliphatic hydroxyl groups is 2. The Morgan fingerprint density at radius 3 is 2.00 bits per heavy atom. The molecule has 2 N–H and O–H groups in total. The van der Waals surface area contributed by atoms with Gasteiger partial charge in [-0.2, -0.15) is 0 Å². The normalized spacial score (nSPS) is 12.7. The van der Waals surface area contributed by atoms with E-state index in [1.807, 2.05) is 0 Å². The summed E-state index contributed by atoms with van der Waals surface area (Å²) in [4.78, 5) is 0. The second kappa shape index (κ2) is 3.15. The van der Waals surface area contributed by atoms with Crippen molar-refractivity contribution in [1.82, 2.24) is 0 Å². The van der Waals surface area contributed by atoms with Crippen LogP contribution in [0.2, 0.25) is 0 Å². The molecule has 0 aromatic heterocycles. The summed E-state index contributed by atoms with van der Waals surface area (Å²) in [6.07, 6.45) is -1.04. The van der Waals surface area contributed by atoms with E-state index in [1.165, 1.54) is 0 Å². The fraction of sp³-hybridized carbons (Fsp3) is 1.00. The van der Waals surface area contributed by atoms with Crippen molar-refractivity contribution in [3.63, 3.8) is 0 Å². The summed E-state index contributed by atoms with van der Waals surface area (Å²) in [6.45, 7) is 3.60. The van der Waals surface area contributed by atoms with Crippen molar-refractivity contribution in [2.45, 2.75) is 32.2 Å². The first kappa shape index (κ1) is 8.88. The molecule has 0 amide bonds. The third-order valence-corrected chi connectivity index (χ3v) is 1.23. The summed E-state index contributed by atoms with van der Waals surface area (Å²) in [5, 5.41) is 17.0. The van der Waals surface area contributed by atoms with Gasteiger partial charge in [-0.05, 0) is 13.8 Å². The fourth-order valence-electron chi connectivity index (χ4n) is 0.523. The monoisotopic (exact) mass is 134 g/mol. The Kier molecular flexibility index (Phi) is 3.11. The highest BCUT2D eigenvalue weighted by atomic mass is 16.5. The Hall–Kier alpha value is -0.120. The van der Waals surface area contributed by atoms with Crippen LogP contribution < -0.4 is 0 Å². The molecule has 3 heteroatoms. The van der Waals surface area contributed by atoms with Gasteiger partial charge in [0.15, 0.2) is 6.29 Å². The van der Waals surface area contributed by atoms with Crippen molar-refractivity contribution in [1.29, 1.82) is 0 Å². The predicted octanol–water partition coefficient (Wildman–Crippen LogP) is 0.112. The number of methoxy groups -OCH3 is 1. The van der Waals surface area contributed by atoms with E-state index in [1.54, 1.807) is 21.0 Å². The Morgan fingerprint density at radius 2 is 1.89 bits per heavy atom. The van der Waals surface area contributed by atoms with Crippen molar-refractivity contribution in [3.8, 4) is 0 Å². The first-order valence-corrected chi connectivity index (χ1v) is 2.89. The molecule has 0 bridgehead atoms. The average molecular weight is 134 g/mol. The van der Waals surface area contributed by atoms with Crippen molar-refractivity contribution in [2.75, 3.05) is 7.11 Å². The molecule has 0 aliphatic heterocycles. The summed E-state index contributed by atoms with van der Waals surface area (Å²) < 4.78 is 4.93. The largest absolute Gasteiger partial charge is 0.379 e. The summed E-state index contributed by atoms with van der Waals surface area (Å²) in [5.41, 5.74) is -0.436. The highest BCUT2D eigenvalue weighted by molar-refractivity contribution is 4.67. The molecule has 0 aromatic rings. The average Bonchev–Trinajstić information content (AvgIpc) is 1.63. The van der Waals surface area contributed by atoms with Crippen LogP contribution in [0.3, 0.4) is 0 Å². The molecular formula is C6H14O3. The molecule has 0 atom stereocenters.